The van der Waals surface area contributed by atoms with Crippen molar-refractivity contribution in [2.75, 3.05) is 6.54 Å². The Kier molecular flexibility index (Phi) is 4.67. The van der Waals surface area contributed by atoms with Crippen molar-refractivity contribution < 1.29 is 0 Å². The monoisotopic (exact) mass is 247 g/mol. The van der Waals surface area contributed by atoms with Crippen LogP contribution < -0.4 is 11.1 Å². The number of nitrogens with two attached hydrogens (primary N) is 1. The molecule has 0 aliphatic carbocycles. The van der Waals surface area contributed by atoms with Crippen LogP contribution >= 0.6 is 11.3 Å². The zero-order valence-electron chi connectivity index (χ0n) is 9.73. The van der Waals surface area contributed by atoms with Crippen LogP contribution in [-0.2, 0) is 19.5 Å². The molecule has 0 bridgehead atoms. The number of nitrogens with zero attached hydrogens (tertiary/aromatic N) is 1. The van der Waals surface area contributed by atoms with E-state index in [9.17, 15) is 0 Å². The maximum atomic E-state index is 5.51. The van der Waals surface area contributed by atoms with Gasteiger partial charge < -0.3 is 11.1 Å². The zero-order valence-corrected chi connectivity index (χ0v) is 10.5. The highest BCUT2D eigenvalue weighted by molar-refractivity contribution is 7.07. The number of hydrogen-bond acceptors (Lipinski definition) is 4. The zero-order chi connectivity index (χ0) is 11.9. The summed E-state index contributed by atoms with van der Waals surface area (Å²) >= 11 is 1.63. The first-order valence-corrected chi connectivity index (χ1v) is 6.68. The minimum atomic E-state index is 0.710. The number of rotatable bonds is 6. The molecule has 0 saturated heterocycles. The second-order valence-corrected chi connectivity index (χ2v) is 4.66. The van der Waals surface area contributed by atoms with Crippen molar-refractivity contribution in [2.45, 2.75) is 19.5 Å². The van der Waals surface area contributed by atoms with Crippen LogP contribution in [0.2, 0.25) is 0 Å². The number of hydrogen-bond donors (Lipinski definition) is 2. The lowest BCUT2D eigenvalue weighted by Crippen LogP contribution is -2.12. The lowest BCUT2D eigenvalue weighted by molar-refractivity contribution is 0.682. The van der Waals surface area contributed by atoms with Crippen LogP contribution in [-0.4, -0.2) is 11.5 Å². The van der Waals surface area contributed by atoms with Crippen LogP contribution in [0.1, 0.15) is 16.8 Å². The average Bonchev–Trinajstić information content (AvgIpc) is 2.85. The van der Waals surface area contributed by atoms with Gasteiger partial charge in [-0.25, -0.2) is 4.98 Å². The first kappa shape index (κ1) is 12.2. The second kappa shape index (κ2) is 6.49. The molecule has 2 rings (SSSR count). The van der Waals surface area contributed by atoms with Gasteiger partial charge in [0.2, 0.25) is 0 Å². The van der Waals surface area contributed by atoms with E-state index in [1.807, 2.05) is 5.51 Å². The van der Waals surface area contributed by atoms with Crippen molar-refractivity contribution in [3.05, 3.63) is 52.0 Å². The first-order valence-electron chi connectivity index (χ1n) is 5.74. The third-order valence-electron chi connectivity index (χ3n) is 2.57. The molecule has 0 amide bonds. The normalized spacial score (nSPS) is 10.6. The van der Waals surface area contributed by atoms with Crippen molar-refractivity contribution >= 4 is 11.3 Å². The minimum absolute atomic E-state index is 0.710. The second-order valence-electron chi connectivity index (χ2n) is 3.94. The summed E-state index contributed by atoms with van der Waals surface area (Å²) < 4.78 is 0. The third kappa shape index (κ3) is 3.93. The Morgan fingerprint density at radius 2 is 1.88 bits per heavy atom. The molecule has 17 heavy (non-hydrogen) atoms. The lowest BCUT2D eigenvalue weighted by Gasteiger charge is -2.04. The van der Waals surface area contributed by atoms with E-state index in [2.05, 4.69) is 39.9 Å². The Balaban J connectivity index is 1.79. The SMILES string of the molecule is NCCc1ccc(CNCc2cscn2)cc1. The third-order valence-corrected chi connectivity index (χ3v) is 3.21. The molecule has 2 aromatic rings. The molecular weight excluding hydrogens is 230 g/mol. The quantitative estimate of drug-likeness (QED) is 0.820. The van der Waals surface area contributed by atoms with E-state index in [0.717, 1.165) is 25.2 Å². The van der Waals surface area contributed by atoms with Gasteiger partial charge >= 0.3 is 0 Å². The van der Waals surface area contributed by atoms with Gasteiger partial charge in [0.25, 0.3) is 0 Å². The van der Waals surface area contributed by atoms with Crippen LogP contribution in [0.3, 0.4) is 0 Å². The molecule has 0 unspecified atom stereocenters. The largest absolute Gasteiger partial charge is 0.330 e. The number of benzene rings is 1. The fraction of sp³-hybridized carbons (Fsp3) is 0.308. The Hall–Kier alpha value is -1.23. The maximum absolute atomic E-state index is 5.51. The smallest absolute Gasteiger partial charge is 0.0795 e. The molecule has 0 aliphatic heterocycles. The molecule has 90 valence electrons. The fourth-order valence-corrected chi connectivity index (χ4v) is 2.21. The van der Waals surface area contributed by atoms with E-state index in [-0.39, 0.29) is 0 Å². The van der Waals surface area contributed by atoms with E-state index in [1.165, 1.54) is 11.1 Å². The van der Waals surface area contributed by atoms with Gasteiger partial charge in [0.15, 0.2) is 0 Å². The maximum Gasteiger partial charge on any atom is 0.0795 e. The molecular formula is C13H17N3S. The van der Waals surface area contributed by atoms with E-state index in [1.54, 1.807) is 11.3 Å². The number of thiazole rings is 1. The van der Waals surface area contributed by atoms with Gasteiger partial charge in [-0.3, -0.25) is 0 Å². The predicted molar refractivity (Wildman–Crippen MR) is 71.9 cm³/mol. The standard InChI is InChI=1S/C13H17N3S/c14-6-5-11-1-3-12(4-2-11)7-15-8-13-9-17-10-16-13/h1-4,9-10,15H,5-8,14H2. The summed E-state index contributed by atoms with van der Waals surface area (Å²) in [6.45, 7) is 2.41. The Morgan fingerprint density at radius 3 is 2.53 bits per heavy atom. The Morgan fingerprint density at radius 1 is 1.12 bits per heavy atom. The molecule has 0 spiro atoms. The Bertz CT molecular complexity index is 422. The summed E-state index contributed by atoms with van der Waals surface area (Å²) in [7, 11) is 0. The molecule has 0 atom stereocenters. The van der Waals surface area contributed by atoms with Gasteiger partial charge in [0.1, 0.15) is 0 Å². The average molecular weight is 247 g/mol. The lowest BCUT2D eigenvalue weighted by atomic mass is 10.1. The van der Waals surface area contributed by atoms with Gasteiger partial charge in [0, 0.05) is 18.5 Å². The topological polar surface area (TPSA) is 50.9 Å². The highest BCUT2D eigenvalue weighted by Gasteiger charge is 1.96. The van der Waals surface area contributed by atoms with Gasteiger partial charge in [-0.1, -0.05) is 24.3 Å². The van der Waals surface area contributed by atoms with Crippen LogP contribution in [0.25, 0.3) is 0 Å². The highest BCUT2D eigenvalue weighted by atomic mass is 32.1. The molecule has 0 radical (unpaired) electrons. The fourth-order valence-electron chi connectivity index (χ4n) is 1.65. The van der Waals surface area contributed by atoms with Gasteiger partial charge in [-0.15, -0.1) is 11.3 Å². The summed E-state index contributed by atoms with van der Waals surface area (Å²) in [4.78, 5) is 4.23. The Labute approximate surface area is 106 Å². The van der Waals surface area contributed by atoms with E-state index in [4.69, 9.17) is 5.73 Å². The summed E-state index contributed by atoms with van der Waals surface area (Å²) in [5.74, 6) is 0. The van der Waals surface area contributed by atoms with Crippen LogP contribution in [0, 0.1) is 0 Å². The van der Waals surface area contributed by atoms with Crippen LogP contribution in [0.15, 0.2) is 35.2 Å². The van der Waals surface area contributed by atoms with Crippen molar-refractivity contribution in [1.29, 1.82) is 0 Å². The van der Waals surface area contributed by atoms with Crippen LogP contribution in [0.4, 0.5) is 0 Å². The molecule has 0 fully saturated rings. The van der Waals surface area contributed by atoms with Crippen molar-refractivity contribution in [3.8, 4) is 0 Å². The molecule has 0 aliphatic rings. The van der Waals surface area contributed by atoms with Crippen molar-refractivity contribution in [2.24, 2.45) is 5.73 Å². The molecule has 1 aromatic heterocycles. The minimum Gasteiger partial charge on any atom is -0.330 e. The predicted octanol–water partition coefficient (Wildman–Crippen LogP) is 1.93. The first-order chi connectivity index (χ1) is 8.38. The molecule has 1 aromatic carbocycles. The summed E-state index contributed by atoms with van der Waals surface area (Å²) in [5.41, 5.74) is 11.1. The summed E-state index contributed by atoms with van der Waals surface area (Å²) in [5, 5.41) is 5.44. The molecule has 1 heterocycles. The van der Waals surface area contributed by atoms with Crippen LogP contribution in [0.5, 0.6) is 0 Å². The molecule has 4 heteroatoms. The van der Waals surface area contributed by atoms with Gasteiger partial charge in [-0.2, -0.15) is 0 Å². The molecule has 3 N–H and O–H groups in total. The van der Waals surface area contributed by atoms with Crippen molar-refractivity contribution in [1.82, 2.24) is 10.3 Å². The number of nitrogens with one attached hydrogen (secondary N) is 1. The van der Waals surface area contributed by atoms with Gasteiger partial charge in [0.05, 0.1) is 11.2 Å². The van der Waals surface area contributed by atoms with E-state index < -0.39 is 0 Å². The number of aromatic nitrogens is 1. The molecule has 0 saturated carbocycles. The summed E-state index contributed by atoms with van der Waals surface area (Å²) in [6.07, 6.45) is 0.951. The highest BCUT2D eigenvalue weighted by Crippen LogP contribution is 2.05. The summed E-state index contributed by atoms with van der Waals surface area (Å²) in [6, 6.07) is 8.59. The molecule has 3 nitrogen and oxygen atoms in total. The van der Waals surface area contributed by atoms with Crippen molar-refractivity contribution in [3.63, 3.8) is 0 Å². The van der Waals surface area contributed by atoms with E-state index >= 15 is 0 Å². The van der Waals surface area contributed by atoms with E-state index in [0.29, 0.717) is 6.54 Å². The van der Waals surface area contributed by atoms with Gasteiger partial charge in [-0.05, 0) is 24.1 Å².